The lowest BCUT2D eigenvalue weighted by atomic mass is 9.98. The van der Waals surface area contributed by atoms with Gasteiger partial charge in [0.25, 0.3) is 11.6 Å². The predicted octanol–water partition coefficient (Wildman–Crippen LogP) is 2.44. The first-order chi connectivity index (χ1) is 15.7. The summed E-state index contributed by atoms with van der Waals surface area (Å²) >= 11 is 0. The number of imide groups is 1. The average Bonchev–Trinajstić information content (AvgIpc) is 3.36. The minimum Gasteiger partial charge on any atom is -0.379 e. The fraction of sp³-hybridized carbons (Fsp3) is 0.619. The summed E-state index contributed by atoms with van der Waals surface area (Å²) in [6, 6.07) is 3.48. The molecule has 1 spiro atoms. The van der Waals surface area contributed by atoms with Gasteiger partial charge in [0.2, 0.25) is 10.0 Å². The Morgan fingerprint density at radius 1 is 1.09 bits per heavy atom. The van der Waals surface area contributed by atoms with Crippen molar-refractivity contribution in [3.05, 3.63) is 28.3 Å². The first-order valence-electron chi connectivity index (χ1n) is 11.4. The van der Waals surface area contributed by atoms with E-state index in [0.29, 0.717) is 32.4 Å². The number of urea groups is 1. The summed E-state index contributed by atoms with van der Waals surface area (Å²) in [4.78, 5) is 37.0. The van der Waals surface area contributed by atoms with Crippen LogP contribution < -0.4 is 10.6 Å². The van der Waals surface area contributed by atoms with E-state index in [1.54, 1.807) is 0 Å². The standard InChI is InChI=1S/C21H29N5O6S/c27-19-21(9-2-3-10-21)23-20(28)25(19)14-6-11-22-17-8-7-16(15-18(17)26(29)30)33(31,32)24-12-4-1-5-13-24/h7-8,15,22H,1-6,9-14H2,(H,23,28). The van der Waals surface area contributed by atoms with Gasteiger partial charge in [0.15, 0.2) is 0 Å². The van der Waals surface area contributed by atoms with Gasteiger partial charge in [-0.15, -0.1) is 0 Å². The molecule has 3 fully saturated rings. The van der Waals surface area contributed by atoms with Gasteiger partial charge in [-0.05, 0) is 44.2 Å². The molecule has 2 N–H and O–H groups in total. The number of carbonyl (C=O) groups is 2. The van der Waals surface area contributed by atoms with Gasteiger partial charge in [-0.3, -0.25) is 19.8 Å². The van der Waals surface area contributed by atoms with Crippen molar-refractivity contribution in [1.82, 2.24) is 14.5 Å². The van der Waals surface area contributed by atoms with E-state index >= 15 is 0 Å². The van der Waals surface area contributed by atoms with Crippen molar-refractivity contribution < 1.29 is 22.9 Å². The quantitative estimate of drug-likeness (QED) is 0.252. The summed E-state index contributed by atoms with van der Waals surface area (Å²) in [5.41, 5.74) is -0.881. The number of carbonyl (C=O) groups excluding carboxylic acids is 2. The van der Waals surface area contributed by atoms with Gasteiger partial charge in [0.1, 0.15) is 11.2 Å². The van der Waals surface area contributed by atoms with Crippen LogP contribution >= 0.6 is 0 Å². The van der Waals surface area contributed by atoms with E-state index in [0.717, 1.165) is 38.2 Å². The lowest BCUT2D eigenvalue weighted by molar-refractivity contribution is -0.384. The molecule has 4 rings (SSSR count). The van der Waals surface area contributed by atoms with Gasteiger partial charge in [-0.2, -0.15) is 4.31 Å². The maximum atomic E-state index is 12.9. The van der Waals surface area contributed by atoms with E-state index in [1.165, 1.54) is 21.3 Å². The van der Waals surface area contributed by atoms with Crippen molar-refractivity contribution in [2.45, 2.75) is 61.8 Å². The zero-order valence-corrected chi connectivity index (χ0v) is 19.2. The molecular weight excluding hydrogens is 450 g/mol. The summed E-state index contributed by atoms with van der Waals surface area (Å²) in [5.74, 6) is -0.191. The van der Waals surface area contributed by atoms with E-state index in [4.69, 9.17) is 0 Å². The summed E-state index contributed by atoms with van der Waals surface area (Å²) in [6.07, 6.45) is 6.07. The highest BCUT2D eigenvalue weighted by Gasteiger charge is 2.52. The van der Waals surface area contributed by atoms with Crippen LogP contribution in [0.3, 0.4) is 0 Å². The fourth-order valence-corrected chi connectivity index (χ4v) is 6.42. The molecule has 1 aromatic rings. The molecule has 2 heterocycles. The molecule has 2 saturated heterocycles. The number of anilines is 1. The summed E-state index contributed by atoms with van der Waals surface area (Å²) < 4.78 is 27.1. The third kappa shape index (κ3) is 4.54. The molecule has 2 aliphatic heterocycles. The van der Waals surface area contributed by atoms with E-state index in [-0.39, 0.29) is 41.3 Å². The SMILES string of the molecule is O=C1NC2(CCCC2)C(=O)N1CCCNc1ccc(S(=O)(=O)N2CCCCC2)cc1[N+](=O)[O-]. The third-order valence-corrected chi connectivity index (χ3v) is 8.59. The van der Waals surface area contributed by atoms with Gasteiger partial charge >= 0.3 is 6.03 Å². The zero-order chi connectivity index (χ0) is 23.6. The Bertz CT molecular complexity index is 1050. The average molecular weight is 480 g/mol. The smallest absolute Gasteiger partial charge is 0.325 e. The van der Waals surface area contributed by atoms with Gasteiger partial charge in [0.05, 0.1) is 9.82 Å². The second-order valence-corrected chi connectivity index (χ2v) is 10.8. The largest absolute Gasteiger partial charge is 0.379 e. The molecule has 0 unspecified atom stereocenters. The van der Waals surface area contributed by atoms with Gasteiger partial charge in [0, 0.05) is 32.2 Å². The number of piperidine rings is 1. The van der Waals surface area contributed by atoms with Gasteiger partial charge < -0.3 is 10.6 Å². The van der Waals surface area contributed by atoms with Crippen LogP contribution in [-0.4, -0.2) is 66.2 Å². The number of benzene rings is 1. The molecule has 33 heavy (non-hydrogen) atoms. The van der Waals surface area contributed by atoms with E-state index in [9.17, 15) is 28.1 Å². The Balaban J connectivity index is 1.39. The number of nitro groups is 1. The van der Waals surface area contributed by atoms with Crippen LogP contribution in [0.5, 0.6) is 0 Å². The fourth-order valence-electron chi connectivity index (χ4n) is 4.88. The number of hydrogen-bond donors (Lipinski definition) is 2. The van der Waals surface area contributed by atoms with E-state index < -0.39 is 20.5 Å². The summed E-state index contributed by atoms with van der Waals surface area (Å²) in [5, 5.41) is 17.4. The Morgan fingerprint density at radius 3 is 2.45 bits per heavy atom. The number of amides is 3. The van der Waals surface area contributed by atoms with Crippen LogP contribution in [0, 0.1) is 10.1 Å². The van der Waals surface area contributed by atoms with Crippen molar-refractivity contribution in [3.8, 4) is 0 Å². The monoisotopic (exact) mass is 479 g/mol. The highest BCUT2D eigenvalue weighted by molar-refractivity contribution is 7.89. The van der Waals surface area contributed by atoms with Gasteiger partial charge in [-0.1, -0.05) is 19.3 Å². The highest BCUT2D eigenvalue weighted by atomic mass is 32.2. The minimum atomic E-state index is -3.78. The first-order valence-corrected chi connectivity index (χ1v) is 12.9. The van der Waals surface area contributed by atoms with Crippen LogP contribution in [0.25, 0.3) is 0 Å². The molecule has 180 valence electrons. The molecule has 3 amide bonds. The van der Waals surface area contributed by atoms with E-state index in [1.807, 2.05) is 0 Å². The number of nitro benzene ring substituents is 1. The van der Waals surface area contributed by atoms with Crippen LogP contribution in [0.2, 0.25) is 0 Å². The normalized spacial score (nSPS) is 20.9. The number of nitrogens with zero attached hydrogens (tertiary/aromatic N) is 3. The maximum absolute atomic E-state index is 12.9. The summed E-state index contributed by atoms with van der Waals surface area (Å²) in [6.45, 7) is 1.32. The first kappa shape index (κ1) is 23.4. The lowest BCUT2D eigenvalue weighted by Gasteiger charge is -2.25. The van der Waals surface area contributed by atoms with Crippen LogP contribution in [0.4, 0.5) is 16.2 Å². The third-order valence-electron chi connectivity index (χ3n) is 6.70. The van der Waals surface area contributed by atoms with E-state index in [2.05, 4.69) is 10.6 Å². The van der Waals surface area contributed by atoms with Gasteiger partial charge in [-0.25, -0.2) is 13.2 Å². The Morgan fingerprint density at radius 2 is 1.79 bits per heavy atom. The Labute approximate surface area is 192 Å². The zero-order valence-electron chi connectivity index (χ0n) is 18.4. The molecule has 0 atom stereocenters. The Hall–Kier alpha value is -2.73. The van der Waals surface area contributed by atoms with Crippen molar-refractivity contribution >= 4 is 33.3 Å². The molecule has 1 saturated carbocycles. The lowest BCUT2D eigenvalue weighted by Crippen LogP contribution is -2.44. The highest BCUT2D eigenvalue weighted by Crippen LogP contribution is 2.35. The molecule has 1 aromatic carbocycles. The van der Waals surface area contributed by atoms with Crippen molar-refractivity contribution in [2.75, 3.05) is 31.5 Å². The minimum absolute atomic E-state index is 0.0946. The van der Waals surface area contributed by atoms with Crippen molar-refractivity contribution in [2.24, 2.45) is 0 Å². The second-order valence-electron chi connectivity index (χ2n) is 8.86. The van der Waals surface area contributed by atoms with Crippen LogP contribution in [0.15, 0.2) is 23.1 Å². The molecule has 1 aliphatic carbocycles. The second kappa shape index (κ2) is 9.26. The molecule has 12 heteroatoms. The molecule has 11 nitrogen and oxygen atoms in total. The number of rotatable bonds is 8. The number of hydrogen-bond acceptors (Lipinski definition) is 7. The summed E-state index contributed by atoms with van der Waals surface area (Å²) in [7, 11) is -3.78. The predicted molar refractivity (Wildman–Crippen MR) is 120 cm³/mol. The molecular formula is C21H29N5O6S. The topological polar surface area (TPSA) is 142 Å². The molecule has 0 bridgehead atoms. The van der Waals surface area contributed by atoms with Crippen molar-refractivity contribution in [3.63, 3.8) is 0 Å². The molecule has 0 aromatic heterocycles. The molecule has 3 aliphatic rings. The molecule has 0 radical (unpaired) electrons. The maximum Gasteiger partial charge on any atom is 0.325 e. The number of sulfonamides is 1. The Kier molecular flexibility index (Phi) is 6.57. The van der Waals surface area contributed by atoms with Crippen LogP contribution in [0.1, 0.15) is 51.4 Å². The van der Waals surface area contributed by atoms with Crippen molar-refractivity contribution in [1.29, 1.82) is 0 Å². The van der Waals surface area contributed by atoms with Crippen LogP contribution in [-0.2, 0) is 14.8 Å². The number of nitrogens with one attached hydrogen (secondary N) is 2.